The average molecular weight is 614 g/mol. The number of hydrogen-bond acceptors (Lipinski definition) is 6. The van der Waals surface area contributed by atoms with Crippen LogP contribution in [-0.4, -0.2) is 80.7 Å². The maximum atomic E-state index is 11.5. The smallest absolute Gasteiger partial charge is 0.475 e. The average Bonchev–Trinajstić information content (AvgIpc) is 3.14. The van der Waals surface area contributed by atoms with Crippen LogP contribution < -0.4 is 11.1 Å². The minimum absolute atomic E-state index is 0.0252. The van der Waals surface area contributed by atoms with E-state index < -0.39 is 42.3 Å². The number of aliphatic carboxylic acids is 3. The number of nitrogens with zero attached hydrogens (tertiary/aromatic N) is 1. The Morgan fingerprint density at radius 1 is 0.829 bits per heavy atom. The topological polar surface area (TPSA) is 196 Å². The fraction of sp³-hybridized carbons (Fsp3) is 0.476. The molecule has 1 fully saturated rings. The summed E-state index contributed by atoms with van der Waals surface area (Å²) in [6.07, 6.45) is -12.0. The summed E-state index contributed by atoms with van der Waals surface area (Å²) >= 11 is 0. The molecule has 1 aromatic carbocycles. The van der Waals surface area contributed by atoms with Crippen molar-refractivity contribution in [2.24, 2.45) is 5.73 Å². The highest BCUT2D eigenvalue weighted by atomic mass is 19.4. The van der Waals surface area contributed by atoms with Crippen LogP contribution in [0.3, 0.4) is 0 Å². The third-order valence-corrected chi connectivity index (χ3v) is 5.01. The Morgan fingerprint density at radius 2 is 1.27 bits per heavy atom. The van der Waals surface area contributed by atoms with E-state index >= 15 is 0 Å². The number of carbonyl (C=O) groups excluding carboxylic acids is 1. The summed E-state index contributed by atoms with van der Waals surface area (Å²) < 4.78 is 95.2. The molecule has 0 bridgehead atoms. The number of aromatic amines is 1. The Labute approximate surface area is 223 Å². The van der Waals surface area contributed by atoms with Crippen LogP contribution in [0.5, 0.6) is 0 Å². The second-order valence-corrected chi connectivity index (χ2v) is 8.22. The van der Waals surface area contributed by atoms with Gasteiger partial charge in [0.15, 0.2) is 0 Å². The van der Waals surface area contributed by atoms with Crippen molar-refractivity contribution in [3.05, 3.63) is 29.6 Å². The number of nitrogens with two attached hydrogens (primary N) is 1. The maximum Gasteiger partial charge on any atom is 0.490 e. The van der Waals surface area contributed by atoms with Gasteiger partial charge in [0.25, 0.3) is 5.91 Å². The number of carboxylic acid groups (broad SMARTS) is 3. The van der Waals surface area contributed by atoms with E-state index in [1.54, 1.807) is 6.07 Å². The first-order valence-corrected chi connectivity index (χ1v) is 10.8. The number of carbonyl (C=O) groups is 4. The van der Waals surface area contributed by atoms with Crippen LogP contribution >= 0.6 is 0 Å². The molecule has 1 atom stereocenters. The van der Waals surface area contributed by atoms with Gasteiger partial charge in [0, 0.05) is 5.41 Å². The van der Waals surface area contributed by atoms with E-state index in [-0.39, 0.29) is 5.41 Å². The zero-order chi connectivity index (χ0) is 32.4. The van der Waals surface area contributed by atoms with E-state index in [0.717, 1.165) is 43.7 Å². The number of imidazole rings is 1. The highest BCUT2D eigenvalue weighted by Gasteiger charge is 2.39. The molecule has 1 unspecified atom stereocenters. The third kappa shape index (κ3) is 12.7. The van der Waals surface area contributed by atoms with Crippen molar-refractivity contribution < 1.29 is 74.0 Å². The molecule has 232 valence electrons. The molecule has 1 aliphatic rings. The van der Waals surface area contributed by atoms with Crippen LogP contribution in [0.4, 0.5) is 39.5 Å². The SMILES string of the molecule is CC1(c2nc3c(C(N)=O)cccc3[nH]2)CCCNCC1.O=C(O)C(F)(F)F.O=C(O)C(F)(F)F.O=C(O)C(F)(F)F. The predicted octanol–water partition coefficient (Wildman–Crippen LogP) is 3.59. The summed E-state index contributed by atoms with van der Waals surface area (Å²) in [5.41, 5.74) is 7.51. The van der Waals surface area contributed by atoms with Crippen molar-refractivity contribution in [1.29, 1.82) is 0 Å². The van der Waals surface area contributed by atoms with Gasteiger partial charge < -0.3 is 31.4 Å². The van der Waals surface area contributed by atoms with Crippen LogP contribution in [-0.2, 0) is 19.8 Å². The first kappa shape index (κ1) is 36.9. The number of rotatable bonds is 2. The second-order valence-electron chi connectivity index (χ2n) is 8.22. The fourth-order valence-corrected chi connectivity index (χ4v) is 2.97. The maximum absolute atomic E-state index is 11.5. The lowest BCUT2D eigenvalue weighted by molar-refractivity contribution is -0.193. The van der Waals surface area contributed by atoms with Gasteiger partial charge in [-0.1, -0.05) is 13.0 Å². The van der Waals surface area contributed by atoms with Gasteiger partial charge in [-0.15, -0.1) is 0 Å². The molecular formula is C21H23F9N4O7. The van der Waals surface area contributed by atoms with Gasteiger partial charge >= 0.3 is 36.4 Å². The van der Waals surface area contributed by atoms with Crippen molar-refractivity contribution in [3.8, 4) is 0 Å². The molecule has 0 spiro atoms. The second kappa shape index (κ2) is 14.5. The van der Waals surface area contributed by atoms with Gasteiger partial charge in [-0.25, -0.2) is 19.4 Å². The first-order chi connectivity index (χ1) is 18.4. The minimum Gasteiger partial charge on any atom is -0.475 e. The largest absolute Gasteiger partial charge is 0.490 e. The Hall–Kier alpha value is -4.10. The van der Waals surface area contributed by atoms with Gasteiger partial charge in [0.1, 0.15) is 11.3 Å². The normalized spacial score (nSPS) is 17.3. The van der Waals surface area contributed by atoms with Gasteiger partial charge in [0.05, 0.1) is 11.1 Å². The minimum atomic E-state index is -5.08. The number of benzene rings is 1. The molecule has 2 heterocycles. The predicted molar refractivity (Wildman–Crippen MR) is 120 cm³/mol. The summed E-state index contributed by atoms with van der Waals surface area (Å²) in [6.45, 7) is 4.29. The molecule has 11 nitrogen and oxygen atoms in total. The summed E-state index contributed by atoms with van der Waals surface area (Å²) in [7, 11) is 0. The third-order valence-electron chi connectivity index (χ3n) is 5.01. The molecular weight excluding hydrogens is 591 g/mol. The number of para-hydroxylation sites is 1. The molecule has 1 aromatic heterocycles. The number of hydrogen-bond donors (Lipinski definition) is 6. The van der Waals surface area contributed by atoms with Crippen molar-refractivity contribution in [2.45, 2.75) is 50.1 Å². The number of alkyl halides is 9. The monoisotopic (exact) mass is 614 g/mol. The van der Waals surface area contributed by atoms with Crippen molar-refractivity contribution in [1.82, 2.24) is 15.3 Å². The lowest BCUT2D eigenvalue weighted by Gasteiger charge is -2.25. The van der Waals surface area contributed by atoms with Gasteiger partial charge in [-0.2, -0.15) is 39.5 Å². The van der Waals surface area contributed by atoms with E-state index in [0.29, 0.717) is 11.1 Å². The van der Waals surface area contributed by atoms with Crippen molar-refractivity contribution >= 4 is 34.8 Å². The number of aromatic nitrogens is 2. The first-order valence-electron chi connectivity index (χ1n) is 10.8. The molecule has 1 saturated heterocycles. The van der Waals surface area contributed by atoms with Crippen LogP contribution in [0.25, 0.3) is 11.0 Å². The summed E-state index contributed by atoms with van der Waals surface area (Å²) in [6, 6.07) is 5.50. The lowest BCUT2D eigenvalue weighted by Crippen LogP contribution is -2.25. The number of nitrogens with one attached hydrogen (secondary N) is 2. The van der Waals surface area contributed by atoms with E-state index in [4.69, 9.17) is 35.4 Å². The fourth-order valence-electron chi connectivity index (χ4n) is 2.97. The highest BCUT2D eigenvalue weighted by molar-refractivity contribution is 6.04. The molecule has 0 saturated carbocycles. The Balaban J connectivity index is 0.000000631. The molecule has 0 aliphatic carbocycles. The number of amides is 1. The van der Waals surface area contributed by atoms with Gasteiger partial charge in [0.2, 0.25) is 0 Å². The zero-order valence-corrected chi connectivity index (χ0v) is 20.7. The standard InChI is InChI=1S/C15H20N4O.3C2HF3O2/c1-15(6-3-8-17-9-7-15)14-18-11-5-2-4-10(13(16)20)12(11)19-14;3*3-2(4,5)1(6)7/h2,4-5,17H,3,6-9H2,1H3,(H2,16,20)(H,18,19);3*(H,6,7). The quantitative estimate of drug-likeness (QED) is 0.274. The molecule has 2 aromatic rings. The van der Waals surface area contributed by atoms with Crippen LogP contribution in [0.2, 0.25) is 0 Å². The van der Waals surface area contributed by atoms with E-state index in [1.807, 2.05) is 12.1 Å². The molecule has 1 aliphatic heterocycles. The highest BCUT2D eigenvalue weighted by Crippen LogP contribution is 2.33. The summed E-state index contributed by atoms with van der Waals surface area (Å²) in [4.78, 5) is 46.3. The van der Waals surface area contributed by atoms with Crippen LogP contribution in [0.1, 0.15) is 42.4 Å². The van der Waals surface area contributed by atoms with E-state index in [9.17, 15) is 44.3 Å². The molecule has 41 heavy (non-hydrogen) atoms. The van der Waals surface area contributed by atoms with Crippen LogP contribution in [0, 0.1) is 0 Å². The molecule has 0 radical (unpaired) electrons. The number of carboxylic acids is 3. The Kier molecular flexibility index (Phi) is 13.1. The molecule has 3 rings (SSSR count). The number of primary amides is 1. The zero-order valence-electron chi connectivity index (χ0n) is 20.7. The number of H-pyrrole nitrogens is 1. The summed E-state index contributed by atoms with van der Waals surface area (Å²) in [5.74, 6) is -7.74. The van der Waals surface area contributed by atoms with E-state index in [1.165, 1.54) is 0 Å². The Morgan fingerprint density at radius 3 is 1.66 bits per heavy atom. The van der Waals surface area contributed by atoms with E-state index in [2.05, 4.69) is 22.2 Å². The Bertz CT molecular complexity index is 1140. The molecule has 1 amide bonds. The number of fused-ring (bicyclic) bond motifs is 1. The number of halogens is 9. The van der Waals surface area contributed by atoms with Crippen LogP contribution in [0.15, 0.2) is 18.2 Å². The lowest BCUT2D eigenvalue weighted by atomic mass is 9.82. The van der Waals surface area contributed by atoms with Gasteiger partial charge in [-0.05, 0) is 44.5 Å². The van der Waals surface area contributed by atoms with Crippen molar-refractivity contribution in [2.75, 3.05) is 13.1 Å². The summed E-state index contributed by atoms with van der Waals surface area (Å²) in [5, 5.41) is 24.8. The van der Waals surface area contributed by atoms with Gasteiger partial charge in [-0.3, -0.25) is 4.79 Å². The van der Waals surface area contributed by atoms with Crippen molar-refractivity contribution in [3.63, 3.8) is 0 Å². The molecule has 20 heteroatoms. The molecule has 7 N–H and O–H groups in total.